The van der Waals surface area contributed by atoms with Gasteiger partial charge in [0.05, 0.1) is 17.3 Å². The number of aromatic nitrogens is 1. The van der Waals surface area contributed by atoms with Crippen LogP contribution in [0.3, 0.4) is 0 Å². The Morgan fingerprint density at radius 1 is 1.00 bits per heavy atom. The number of pyridine rings is 1. The van der Waals surface area contributed by atoms with Gasteiger partial charge in [0, 0.05) is 66.2 Å². The van der Waals surface area contributed by atoms with Gasteiger partial charge in [-0.3, -0.25) is 14.4 Å². The minimum Gasteiger partial charge on any atom is -0.487 e. The lowest BCUT2D eigenvalue weighted by molar-refractivity contribution is -0.122. The van der Waals surface area contributed by atoms with E-state index in [2.05, 4.69) is 27.7 Å². The lowest BCUT2D eigenvalue weighted by atomic mass is 10.1. The van der Waals surface area contributed by atoms with E-state index >= 15 is 0 Å². The lowest BCUT2D eigenvalue weighted by Gasteiger charge is -2.25. The summed E-state index contributed by atoms with van der Waals surface area (Å²) in [4.78, 5) is 45.9. The molecule has 0 saturated carbocycles. The largest absolute Gasteiger partial charge is 0.487 e. The van der Waals surface area contributed by atoms with Crippen LogP contribution in [-0.4, -0.2) is 56.4 Å². The Hall–Kier alpha value is -4.60. The summed E-state index contributed by atoms with van der Waals surface area (Å²) in [6.07, 6.45) is 7.77. The Morgan fingerprint density at radius 3 is 2.44 bits per heavy atom. The van der Waals surface area contributed by atoms with Crippen LogP contribution >= 0.6 is 23.2 Å². The van der Waals surface area contributed by atoms with Gasteiger partial charge >= 0.3 is 0 Å². The molecule has 0 radical (unpaired) electrons. The molecule has 0 bridgehead atoms. The van der Waals surface area contributed by atoms with Crippen LogP contribution in [0.4, 0.5) is 11.4 Å². The molecule has 1 saturated heterocycles. The molecule has 250 valence electrons. The number of halogens is 2. The maximum absolute atomic E-state index is 13.1. The maximum atomic E-state index is 13.1. The van der Waals surface area contributed by atoms with E-state index in [9.17, 15) is 14.4 Å². The normalized spacial score (nSPS) is 13.3. The van der Waals surface area contributed by atoms with E-state index in [0.29, 0.717) is 27.6 Å². The molecule has 0 unspecified atom stereocenters. The van der Waals surface area contributed by atoms with E-state index in [1.54, 1.807) is 56.6 Å². The predicted molar refractivity (Wildman–Crippen MR) is 193 cm³/mol. The number of benzene rings is 3. The third-order valence-electron chi connectivity index (χ3n) is 8.37. The third kappa shape index (κ3) is 8.27. The number of anilines is 2. The highest BCUT2D eigenvalue weighted by molar-refractivity contribution is 6.38. The first kappa shape index (κ1) is 34.7. The van der Waals surface area contributed by atoms with Crippen LogP contribution in [0.15, 0.2) is 66.7 Å². The van der Waals surface area contributed by atoms with Crippen LogP contribution in [0, 0.1) is 6.92 Å². The quantitative estimate of drug-likeness (QED) is 0.175. The number of para-hydroxylation sites is 1. The fourth-order valence-electron chi connectivity index (χ4n) is 5.68. The molecule has 0 atom stereocenters. The lowest BCUT2D eigenvalue weighted by Crippen LogP contribution is -2.37. The zero-order chi connectivity index (χ0) is 34.2. The number of hydrogen-bond acceptors (Lipinski definition) is 6. The van der Waals surface area contributed by atoms with Crippen molar-refractivity contribution in [1.82, 2.24) is 15.6 Å². The maximum Gasteiger partial charge on any atom is 0.251 e. The molecule has 3 amide bonds. The number of carbonyl (C=O) groups is 3. The molecule has 0 aliphatic carbocycles. The number of carbonyl (C=O) groups excluding carboxylic acids is 3. The van der Waals surface area contributed by atoms with Gasteiger partial charge in [0.15, 0.2) is 0 Å². The van der Waals surface area contributed by atoms with Gasteiger partial charge in [-0.15, -0.1) is 0 Å². The summed E-state index contributed by atoms with van der Waals surface area (Å²) in [5.74, 6) is -0.396. The van der Waals surface area contributed by atoms with Crippen LogP contribution in [-0.2, 0) is 16.2 Å². The Morgan fingerprint density at radius 2 is 1.73 bits per heavy atom. The van der Waals surface area contributed by atoms with Gasteiger partial charge in [-0.25, -0.2) is 4.98 Å². The van der Waals surface area contributed by atoms with Crippen molar-refractivity contribution < 1.29 is 19.1 Å². The highest BCUT2D eigenvalue weighted by Crippen LogP contribution is 2.37. The molecule has 1 aliphatic heterocycles. The van der Waals surface area contributed by atoms with Gasteiger partial charge in [-0.05, 0) is 67.8 Å². The van der Waals surface area contributed by atoms with Gasteiger partial charge in [-0.1, -0.05) is 60.3 Å². The Bertz CT molecular complexity index is 1840. The monoisotopic (exact) mass is 687 g/mol. The Balaban J connectivity index is 1.25. The number of likely N-dealkylation sites (N-methyl/N-ethyl adjacent to an activating group) is 1. The van der Waals surface area contributed by atoms with Crippen molar-refractivity contribution in [2.24, 2.45) is 0 Å². The smallest absolute Gasteiger partial charge is 0.251 e. The number of hydrogen-bond donors (Lipinski definition) is 2. The molecule has 0 spiro atoms. The van der Waals surface area contributed by atoms with Gasteiger partial charge in [0.1, 0.15) is 17.9 Å². The summed E-state index contributed by atoms with van der Waals surface area (Å²) in [5, 5.41) is 6.88. The first-order valence-corrected chi connectivity index (χ1v) is 16.7. The number of nitrogens with one attached hydrogen (secondary N) is 2. The van der Waals surface area contributed by atoms with Crippen molar-refractivity contribution in [3.63, 3.8) is 0 Å². The fraction of sp³-hybridized carbons (Fsp3) is 0.297. The van der Waals surface area contributed by atoms with E-state index in [4.69, 9.17) is 32.9 Å². The summed E-state index contributed by atoms with van der Waals surface area (Å²) < 4.78 is 6.31. The van der Waals surface area contributed by atoms with Crippen molar-refractivity contribution >= 4 is 69.3 Å². The van der Waals surface area contributed by atoms with Crippen LogP contribution in [0.25, 0.3) is 17.0 Å². The van der Waals surface area contributed by atoms with E-state index in [1.807, 2.05) is 19.1 Å². The SMILES string of the molecule is CNC(=O)c1ccc(C=CC(=O)NCC(=O)N(C)c2ccc(Cl)c(COc3cccc4c(N5CCCCCC5)cc(C)nc34)c2Cl)cc1. The van der Waals surface area contributed by atoms with E-state index in [1.165, 1.54) is 42.3 Å². The summed E-state index contributed by atoms with van der Waals surface area (Å²) >= 11 is 13.4. The van der Waals surface area contributed by atoms with E-state index in [0.717, 1.165) is 35.2 Å². The second kappa shape index (κ2) is 16.0. The summed E-state index contributed by atoms with van der Waals surface area (Å²) in [6, 6.07) is 18.2. The predicted octanol–water partition coefficient (Wildman–Crippen LogP) is 6.96. The first-order valence-electron chi connectivity index (χ1n) is 16.0. The number of amides is 3. The van der Waals surface area contributed by atoms with E-state index < -0.39 is 5.91 Å². The van der Waals surface area contributed by atoms with E-state index in [-0.39, 0.29) is 30.0 Å². The molecule has 1 fully saturated rings. The van der Waals surface area contributed by atoms with Crippen LogP contribution in [0.1, 0.15) is 52.9 Å². The van der Waals surface area contributed by atoms with Crippen LogP contribution in [0.5, 0.6) is 5.75 Å². The van der Waals surface area contributed by atoms with Gasteiger partial charge in [0.2, 0.25) is 11.8 Å². The number of aryl methyl sites for hydroxylation is 1. The average Bonchev–Trinajstić information content (AvgIpc) is 3.39. The van der Waals surface area contributed by atoms with Crippen molar-refractivity contribution in [3.05, 3.63) is 99.2 Å². The second-order valence-corrected chi connectivity index (χ2v) is 12.5. The van der Waals surface area contributed by atoms with Crippen LogP contribution in [0.2, 0.25) is 10.0 Å². The zero-order valence-electron chi connectivity index (χ0n) is 27.3. The minimum absolute atomic E-state index is 0.0624. The molecule has 9 nitrogen and oxygen atoms in total. The summed E-state index contributed by atoms with van der Waals surface area (Å²) in [6.45, 7) is 3.84. The molecular formula is C37H39Cl2N5O4. The van der Waals surface area contributed by atoms with Crippen molar-refractivity contribution in [2.75, 3.05) is 43.5 Å². The molecule has 4 aromatic rings. The number of ether oxygens (including phenoxy) is 1. The minimum atomic E-state index is -0.443. The van der Waals surface area contributed by atoms with Gasteiger partial charge in [-0.2, -0.15) is 0 Å². The Kier molecular flexibility index (Phi) is 11.6. The summed E-state index contributed by atoms with van der Waals surface area (Å²) in [5.41, 5.74) is 5.07. The molecule has 11 heteroatoms. The fourth-order valence-corrected chi connectivity index (χ4v) is 6.29. The molecule has 1 aliphatic rings. The first-order chi connectivity index (χ1) is 23.2. The van der Waals surface area contributed by atoms with Crippen LogP contribution < -0.4 is 25.2 Å². The molecule has 3 aromatic carbocycles. The second-order valence-electron chi connectivity index (χ2n) is 11.7. The highest BCUT2D eigenvalue weighted by atomic mass is 35.5. The van der Waals surface area contributed by atoms with Crippen molar-refractivity contribution in [2.45, 2.75) is 39.2 Å². The number of nitrogens with zero attached hydrogens (tertiary/aromatic N) is 3. The molecule has 1 aromatic heterocycles. The highest BCUT2D eigenvalue weighted by Gasteiger charge is 2.20. The molecule has 2 heterocycles. The average molecular weight is 689 g/mol. The number of fused-ring (bicyclic) bond motifs is 1. The zero-order valence-corrected chi connectivity index (χ0v) is 28.8. The molecule has 48 heavy (non-hydrogen) atoms. The number of rotatable bonds is 10. The van der Waals surface area contributed by atoms with Gasteiger partial charge in [0.25, 0.3) is 5.91 Å². The van der Waals surface area contributed by atoms with Gasteiger partial charge < -0.3 is 25.2 Å². The standard InChI is InChI=1S/C37H39Cl2N5O4/c1-24-21-31(44-19-6-4-5-7-20-44)27-9-8-10-32(36(27)42-24)48-23-28-29(38)16-17-30(35(28)39)43(3)34(46)22-41-33(45)18-13-25-11-14-26(15-12-25)37(47)40-2/h8-18,21H,4-7,19-20,22-23H2,1-3H3,(H,40,47)(H,41,45). The third-order valence-corrected chi connectivity index (χ3v) is 9.15. The topological polar surface area (TPSA) is 104 Å². The van der Waals surface area contributed by atoms with Crippen molar-refractivity contribution in [3.8, 4) is 5.75 Å². The Labute approximate surface area is 290 Å². The molecular weight excluding hydrogens is 649 g/mol. The summed E-state index contributed by atoms with van der Waals surface area (Å²) in [7, 11) is 3.14. The molecule has 2 N–H and O–H groups in total. The van der Waals surface area contributed by atoms with Crippen molar-refractivity contribution in [1.29, 1.82) is 0 Å². The molecule has 5 rings (SSSR count).